The quantitative estimate of drug-likeness (QED) is 0.442. The number of anilines is 1. The minimum absolute atomic E-state index is 0.0493. The van der Waals surface area contributed by atoms with Crippen molar-refractivity contribution in [2.24, 2.45) is 11.8 Å². The smallest absolute Gasteiger partial charge is 0.248 e. The van der Waals surface area contributed by atoms with Gasteiger partial charge in [-0.3, -0.25) is 14.4 Å². The molecule has 7 nitrogen and oxygen atoms in total. The highest BCUT2D eigenvalue weighted by molar-refractivity contribution is 9.09. The van der Waals surface area contributed by atoms with Gasteiger partial charge in [-0.2, -0.15) is 0 Å². The fourth-order valence-corrected chi connectivity index (χ4v) is 9.26. The number of aryl methyl sites for hydroxylation is 2. The highest BCUT2D eigenvalue weighted by atomic mass is 79.9. The monoisotopic (exact) mass is 537 g/mol. The van der Waals surface area contributed by atoms with E-state index in [2.05, 4.69) is 26.6 Å². The maximum absolute atomic E-state index is 13.8. The summed E-state index contributed by atoms with van der Waals surface area (Å²) in [5, 5.41) is 15.4. The van der Waals surface area contributed by atoms with Crippen LogP contribution >= 0.6 is 27.7 Å². The van der Waals surface area contributed by atoms with Crippen molar-refractivity contribution < 1.29 is 19.5 Å². The summed E-state index contributed by atoms with van der Waals surface area (Å²) in [5.74, 6) is -1.47. The Morgan fingerprint density at radius 3 is 2.76 bits per heavy atom. The molecule has 1 aromatic rings. The number of carbonyl (C=O) groups excluding carboxylic acids is 3. The first-order valence-electron chi connectivity index (χ1n) is 11.6. The number of thioether (sulfide) groups is 1. The molecule has 3 heterocycles. The largest absolute Gasteiger partial charge is 0.396 e. The van der Waals surface area contributed by atoms with Gasteiger partial charge in [-0.25, -0.2) is 0 Å². The SMILES string of the molecule is CCCNC(=O)[C@H]1[C@H]2C(=O)N(CCCO)C(C(=O)Nc3cc(C)ccc3C)C23CC(Br)[C@@H]1S3. The fraction of sp³-hybridized carbons (Fsp3) is 0.625. The number of nitrogens with zero attached hydrogens (tertiary/aromatic N) is 1. The minimum atomic E-state index is -0.694. The first-order chi connectivity index (χ1) is 15.7. The summed E-state index contributed by atoms with van der Waals surface area (Å²) >= 11 is 5.39. The van der Waals surface area contributed by atoms with Gasteiger partial charge in [0.15, 0.2) is 0 Å². The fourth-order valence-electron chi connectivity index (χ4n) is 5.65. The lowest BCUT2D eigenvalue weighted by Crippen LogP contribution is -2.53. The summed E-state index contributed by atoms with van der Waals surface area (Å²) in [4.78, 5) is 42.3. The Bertz CT molecular complexity index is 960. The Morgan fingerprint density at radius 2 is 2.06 bits per heavy atom. The van der Waals surface area contributed by atoms with E-state index in [4.69, 9.17) is 0 Å². The first-order valence-corrected chi connectivity index (χ1v) is 13.4. The standard InChI is InChI=1S/C24H32BrN3O4S/c1-4-8-26-21(30)17-18-23(32)28(9-5-10-29)20(24(18)12-15(25)19(17)33-24)22(31)27-16-11-13(2)6-7-14(16)3/h6-7,11,15,17-20,29H,4-5,8-10,12H2,1-3H3,(H,26,30)(H,27,31)/t15?,17-,18-,19-,20?,24?/m0/s1. The minimum Gasteiger partial charge on any atom is -0.396 e. The summed E-state index contributed by atoms with van der Waals surface area (Å²) in [6.07, 6.45) is 1.86. The summed E-state index contributed by atoms with van der Waals surface area (Å²) in [7, 11) is 0. The topological polar surface area (TPSA) is 98.7 Å². The van der Waals surface area contributed by atoms with E-state index in [0.29, 0.717) is 25.9 Å². The maximum Gasteiger partial charge on any atom is 0.248 e. The molecule has 3 N–H and O–H groups in total. The highest BCUT2D eigenvalue weighted by Gasteiger charge is 2.75. The number of fused-ring (bicyclic) bond motifs is 1. The first kappa shape index (κ1) is 24.5. The van der Waals surface area contributed by atoms with Gasteiger partial charge in [-0.05, 0) is 50.3 Å². The molecule has 0 saturated carbocycles. The lowest BCUT2D eigenvalue weighted by atomic mass is 9.70. The van der Waals surface area contributed by atoms with Crippen LogP contribution in [0.3, 0.4) is 0 Å². The van der Waals surface area contributed by atoms with Gasteiger partial charge >= 0.3 is 0 Å². The van der Waals surface area contributed by atoms with Crippen molar-refractivity contribution in [3.63, 3.8) is 0 Å². The van der Waals surface area contributed by atoms with Gasteiger partial charge < -0.3 is 20.6 Å². The molecule has 6 atom stereocenters. The Kier molecular flexibility index (Phi) is 7.13. The number of hydrogen-bond acceptors (Lipinski definition) is 5. The van der Waals surface area contributed by atoms with Crippen LogP contribution in [0.25, 0.3) is 0 Å². The number of likely N-dealkylation sites (tertiary alicyclic amines) is 1. The number of amides is 3. The third-order valence-electron chi connectivity index (χ3n) is 7.10. The van der Waals surface area contributed by atoms with Crippen molar-refractivity contribution >= 4 is 51.1 Å². The summed E-state index contributed by atoms with van der Waals surface area (Å²) in [6, 6.07) is 5.20. The number of aliphatic hydroxyl groups excluding tert-OH is 1. The lowest BCUT2D eigenvalue weighted by Gasteiger charge is -2.35. The second kappa shape index (κ2) is 9.58. The zero-order valence-electron chi connectivity index (χ0n) is 19.3. The Balaban J connectivity index is 1.70. The molecule has 3 fully saturated rings. The number of hydrogen-bond donors (Lipinski definition) is 3. The van der Waals surface area contributed by atoms with E-state index in [-0.39, 0.29) is 34.4 Å². The van der Waals surface area contributed by atoms with Gasteiger partial charge in [-0.1, -0.05) is 35.0 Å². The average molecular weight is 539 g/mol. The number of benzene rings is 1. The average Bonchev–Trinajstić information content (AvgIpc) is 3.36. The Hall–Kier alpha value is -1.58. The summed E-state index contributed by atoms with van der Waals surface area (Å²) in [6.45, 7) is 6.70. The van der Waals surface area contributed by atoms with Crippen molar-refractivity contribution in [1.82, 2.24) is 10.2 Å². The van der Waals surface area contributed by atoms with Crippen molar-refractivity contribution in [2.75, 3.05) is 25.0 Å². The summed E-state index contributed by atoms with van der Waals surface area (Å²) < 4.78 is -0.665. The van der Waals surface area contributed by atoms with E-state index in [0.717, 1.165) is 23.2 Å². The van der Waals surface area contributed by atoms with Crippen LogP contribution in [-0.2, 0) is 14.4 Å². The number of rotatable bonds is 8. The van der Waals surface area contributed by atoms with Crippen LogP contribution in [0.2, 0.25) is 0 Å². The zero-order valence-corrected chi connectivity index (χ0v) is 21.7. The second-order valence-electron chi connectivity index (χ2n) is 9.37. The molecule has 1 spiro atoms. The van der Waals surface area contributed by atoms with E-state index < -0.39 is 22.6 Å². The molecule has 0 aliphatic carbocycles. The predicted octanol–water partition coefficient (Wildman–Crippen LogP) is 2.62. The predicted molar refractivity (Wildman–Crippen MR) is 133 cm³/mol. The number of nitrogens with one attached hydrogen (secondary N) is 2. The lowest BCUT2D eigenvalue weighted by molar-refractivity contribution is -0.139. The third kappa shape index (κ3) is 4.10. The third-order valence-corrected chi connectivity index (χ3v) is 10.3. The van der Waals surface area contributed by atoms with E-state index in [1.165, 1.54) is 0 Å². The number of halogens is 1. The normalized spacial score (nSPS) is 32.2. The molecule has 0 aromatic heterocycles. The summed E-state index contributed by atoms with van der Waals surface area (Å²) in [5.41, 5.74) is 2.73. The van der Waals surface area contributed by atoms with Crippen molar-refractivity contribution in [2.45, 2.75) is 60.9 Å². The van der Waals surface area contributed by atoms with Gasteiger partial charge in [0.25, 0.3) is 0 Å². The van der Waals surface area contributed by atoms with Gasteiger partial charge in [0.05, 0.1) is 16.6 Å². The molecule has 2 bridgehead atoms. The van der Waals surface area contributed by atoms with E-state index in [1.54, 1.807) is 16.7 Å². The second-order valence-corrected chi connectivity index (χ2v) is 12.1. The van der Waals surface area contributed by atoms with Crippen LogP contribution < -0.4 is 10.6 Å². The number of aliphatic hydroxyl groups is 1. The van der Waals surface area contributed by atoms with E-state index in [9.17, 15) is 19.5 Å². The molecule has 33 heavy (non-hydrogen) atoms. The van der Waals surface area contributed by atoms with Crippen molar-refractivity contribution in [3.05, 3.63) is 29.3 Å². The van der Waals surface area contributed by atoms with Crippen LogP contribution in [0, 0.1) is 25.7 Å². The van der Waals surface area contributed by atoms with Crippen LogP contribution in [0.4, 0.5) is 5.69 Å². The van der Waals surface area contributed by atoms with Gasteiger partial charge in [0.2, 0.25) is 17.7 Å². The van der Waals surface area contributed by atoms with Crippen LogP contribution in [0.15, 0.2) is 18.2 Å². The van der Waals surface area contributed by atoms with Crippen molar-refractivity contribution in [1.29, 1.82) is 0 Å². The molecule has 3 saturated heterocycles. The highest BCUT2D eigenvalue weighted by Crippen LogP contribution is 2.67. The molecule has 1 aromatic carbocycles. The van der Waals surface area contributed by atoms with Crippen LogP contribution in [-0.4, -0.2) is 68.3 Å². The zero-order chi connectivity index (χ0) is 23.9. The van der Waals surface area contributed by atoms with E-state index >= 15 is 0 Å². The van der Waals surface area contributed by atoms with Gasteiger partial charge in [0, 0.05) is 35.5 Å². The molecule has 4 rings (SSSR count). The molecule has 180 valence electrons. The Labute approximate surface area is 207 Å². The number of carbonyl (C=O) groups is 3. The Morgan fingerprint density at radius 1 is 1.30 bits per heavy atom. The number of alkyl halides is 1. The van der Waals surface area contributed by atoms with Gasteiger partial charge in [0.1, 0.15) is 6.04 Å². The van der Waals surface area contributed by atoms with Crippen LogP contribution in [0.1, 0.15) is 37.3 Å². The maximum atomic E-state index is 13.8. The molecule has 3 aliphatic heterocycles. The van der Waals surface area contributed by atoms with Crippen molar-refractivity contribution in [3.8, 4) is 0 Å². The molecule has 3 aliphatic rings. The molecule has 0 radical (unpaired) electrons. The molecule has 9 heteroatoms. The molecular weight excluding hydrogens is 506 g/mol. The molecule has 3 unspecified atom stereocenters. The van der Waals surface area contributed by atoms with E-state index in [1.807, 2.05) is 39.0 Å². The van der Waals surface area contributed by atoms with Crippen LogP contribution in [0.5, 0.6) is 0 Å². The molecule has 3 amide bonds. The molecular formula is C24H32BrN3O4S. The van der Waals surface area contributed by atoms with Gasteiger partial charge in [-0.15, -0.1) is 11.8 Å².